The molecule has 3 aromatic carbocycles. The van der Waals surface area contributed by atoms with Crippen LogP contribution in [0.3, 0.4) is 0 Å². The van der Waals surface area contributed by atoms with E-state index < -0.39 is 0 Å². The van der Waals surface area contributed by atoms with Crippen LogP contribution < -0.4 is 14.8 Å². The Morgan fingerprint density at radius 3 is 2.60 bits per heavy atom. The average Bonchev–Trinajstić information content (AvgIpc) is 3.34. The molecule has 1 amide bonds. The van der Waals surface area contributed by atoms with Crippen molar-refractivity contribution >= 4 is 61.7 Å². The number of nitrogens with zero attached hydrogens (tertiary/aromatic N) is 1. The number of rotatable bonds is 8. The Kier molecular flexibility index (Phi) is 9.41. The summed E-state index contributed by atoms with van der Waals surface area (Å²) in [7, 11) is 1.61. The summed E-state index contributed by atoms with van der Waals surface area (Å²) in [6, 6.07) is 21.0. The Labute approximate surface area is 265 Å². The number of thiophene rings is 1. The second kappa shape index (κ2) is 13.0. The molecule has 1 heterocycles. The van der Waals surface area contributed by atoms with Crippen molar-refractivity contribution in [1.29, 1.82) is 0 Å². The van der Waals surface area contributed by atoms with Gasteiger partial charge >= 0.3 is 0 Å². The Hall–Kier alpha value is -3.13. The first-order chi connectivity index (χ1) is 20.1. The van der Waals surface area contributed by atoms with Crippen LogP contribution in [0, 0.1) is 11.3 Å². The smallest absolute Gasteiger partial charge is 0.259 e. The first-order valence-electron chi connectivity index (χ1n) is 13.9. The summed E-state index contributed by atoms with van der Waals surface area (Å²) in [4.78, 5) is 19.8. The molecule has 5 rings (SSSR count). The van der Waals surface area contributed by atoms with E-state index in [1.165, 1.54) is 4.88 Å². The number of methoxy groups -OCH3 is 1. The standard InChI is InChI=1S/C34H34BrClN2O3S/c1-34(2,3)23-14-15-25-29(18-23)42-33(30(25)32(39)38-24-11-6-5-7-12-24)37-19-21-16-26(35)31(28(17-21)40-4)41-20-22-10-8-9-13-27(22)36/h5-13,16-17,19,23H,14-15,18,20H2,1-4H3,(H,38,39)/t23-/m1/s1. The van der Waals surface area contributed by atoms with Gasteiger partial charge < -0.3 is 14.8 Å². The van der Waals surface area contributed by atoms with E-state index in [1.807, 2.05) is 66.7 Å². The zero-order valence-electron chi connectivity index (χ0n) is 24.2. The minimum Gasteiger partial charge on any atom is -0.493 e. The third-order valence-corrected chi connectivity index (χ3v) is 9.76. The molecular formula is C34H34BrClN2O3S. The molecule has 0 unspecified atom stereocenters. The van der Waals surface area contributed by atoms with Crippen LogP contribution in [-0.4, -0.2) is 19.2 Å². The summed E-state index contributed by atoms with van der Waals surface area (Å²) in [5.74, 6) is 1.59. The van der Waals surface area contributed by atoms with Gasteiger partial charge in [0.1, 0.15) is 11.6 Å². The van der Waals surface area contributed by atoms with Gasteiger partial charge in [-0.25, -0.2) is 4.99 Å². The van der Waals surface area contributed by atoms with Gasteiger partial charge in [0, 0.05) is 27.4 Å². The topological polar surface area (TPSA) is 59.9 Å². The zero-order chi connectivity index (χ0) is 29.9. The predicted molar refractivity (Wildman–Crippen MR) is 177 cm³/mol. The van der Waals surface area contributed by atoms with Gasteiger partial charge in [0.05, 0.1) is 17.1 Å². The van der Waals surface area contributed by atoms with Gasteiger partial charge in [-0.15, -0.1) is 11.3 Å². The van der Waals surface area contributed by atoms with Crippen LogP contribution in [0.25, 0.3) is 0 Å². The van der Waals surface area contributed by atoms with E-state index in [2.05, 4.69) is 42.0 Å². The van der Waals surface area contributed by atoms with E-state index in [9.17, 15) is 4.79 Å². The number of halogens is 2. The molecule has 218 valence electrons. The fourth-order valence-corrected chi connectivity index (χ4v) is 7.24. The molecular weight excluding hydrogens is 632 g/mol. The lowest BCUT2D eigenvalue weighted by Crippen LogP contribution is -2.27. The summed E-state index contributed by atoms with van der Waals surface area (Å²) >= 11 is 11.6. The Morgan fingerprint density at radius 2 is 1.88 bits per heavy atom. The number of fused-ring (bicyclic) bond motifs is 1. The van der Waals surface area contributed by atoms with E-state index >= 15 is 0 Å². The maximum atomic E-state index is 13.6. The minimum absolute atomic E-state index is 0.123. The SMILES string of the molecule is COc1cc(C=Nc2sc3c(c2C(=O)Nc2ccccc2)CC[C@@H](C(C)(C)C)C3)cc(Br)c1OCc1ccccc1Cl. The number of anilines is 1. The summed E-state index contributed by atoms with van der Waals surface area (Å²) in [5, 5.41) is 4.45. The number of carbonyl (C=O) groups excluding carboxylic acids is 1. The van der Waals surface area contributed by atoms with Crippen molar-refractivity contribution in [3.05, 3.63) is 103 Å². The van der Waals surface area contributed by atoms with E-state index in [-0.39, 0.29) is 11.3 Å². The Bertz CT molecular complexity index is 1610. The summed E-state index contributed by atoms with van der Waals surface area (Å²) in [5.41, 5.74) is 4.47. The van der Waals surface area contributed by atoms with Crippen molar-refractivity contribution in [3.8, 4) is 11.5 Å². The van der Waals surface area contributed by atoms with E-state index in [0.717, 1.165) is 51.1 Å². The van der Waals surface area contributed by atoms with Crippen molar-refractivity contribution in [1.82, 2.24) is 0 Å². The Balaban J connectivity index is 1.45. The molecule has 1 aromatic heterocycles. The minimum atomic E-state index is -0.123. The maximum Gasteiger partial charge on any atom is 0.259 e. The second-order valence-electron chi connectivity index (χ2n) is 11.5. The van der Waals surface area contributed by atoms with Crippen LogP contribution >= 0.6 is 38.9 Å². The van der Waals surface area contributed by atoms with Crippen LogP contribution in [0.1, 0.15) is 59.1 Å². The summed E-state index contributed by atoms with van der Waals surface area (Å²) < 4.78 is 12.5. The third kappa shape index (κ3) is 6.91. The Morgan fingerprint density at radius 1 is 1.14 bits per heavy atom. The van der Waals surface area contributed by atoms with Crippen LogP contribution in [0.5, 0.6) is 11.5 Å². The van der Waals surface area contributed by atoms with Crippen molar-refractivity contribution in [3.63, 3.8) is 0 Å². The van der Waals surface area contributed by atoms with Crippen LogP contribution in [-0.2, 0) is 19.4 Å². The summed E-state index contributed by atoms with van der Waals surface area (Å²) in [6.45, 7) is 7.19. The molecule has 0 spiro atoms. The number of aliphatic imine (C=N–C) groups is 1. The number of nitrogens with one attached hydrogen (secondary N) is 1. The van der Waals surface area contributed by atoms with E-state index in [0.29, 0.717) is 34.6 Å². The highest BCUT2D eigenvalue weighted by Gasteiger charge is 2.33. The fraction of sp³-hybridized carbons (Fsp3) is 0.294. The highest BCUT2D eigenvalue weighted by Crippen LogP contribution is 2.45. The molecule has 1 N–H and O–H groups in total. The number of ether oxygens (including phenoxy) is 2. The van der Waals surface area contributed by atoms with Crippen molar-refractivity contribution in [2.45, 2.75) is 46.6 Å². The molecule has 0 fully saturated rings. The second-order valence-corrected chi connectivity index (χ2v) is 13.8. The number of benzene rings is 3. The lowest BCUT2D eigenvalue weighted by atomic mass is 9.72. The van der Waals surface area contributed by atoms with Crippen molar-refractivity contribution in [2.75, 3.05) is 12.4 Å². The molecule has 0 bridgehead atoms. The lowest BCUT2D eigenvalue weighted by molar-refractivity contribution is 0.102. The highest BCUT2D eigenvalue weighted by atomic mass is 79.9. The molecule has 0 aliphatic heterocycles. The molecule has 42 heavy (non-hydrogen) atoms. The molecule has 0 saturated heterocycles. The van der Waals surface area contributed by atoms with Crippen LogP contribution in [0.15, 0.2) is 76.2 Å². The molecule has 4 aromatic rings. The van der Waals surface area contributed by atoms with Crippen molar-refractivity contribution in [2.24, 2.45) is 16.3 Å². The maximum absolute atomic E-state index is 13.6. The summed E-state index contributed by atoms with van der Waals surface area (Å²) in [6.07, 6.45) is 4.67. The average molecular weight is 666 g/mol. The molecule has 0 radical (unpaired) electrons. The van der Waals surface area contributed by atoms with Crippen LogP contribution in [0.2, 0.25) is 5.02 Å². The quantitative estimate of drug-likeness (QED) is 0.191. The first kappa shape index (κ1) is 30.3. The van der Waals surface area contributed by atoms with Crippen molar-refractivity contribution < 1.29 is 14.3 Å². The molecule has 0 saturated carbocycles. The van der Waals surface area contributed by atoms with Crippen LogP contribution in [0.4, 0.5) is 10.7 Å². The number of para-hydroxylation sites is 1. The first-order valence-corrected chi connectivity index (χ1v) is 15.9. The number of hydrogen-bond acceptors (Lipinski definition) is 5. The normalized spacial score (nSPS) is 15.0. The fourth-order valence-electron chi connectivity index (χ4n) is 5.20. The van der Waals surface area contributed by atoms with Gasteiger partial charge in [-0.05, 0) is 88.0 Å². The van der Waals surface area contributed by atoms with Gasteiger partial charge in [0.2, 0.25) is 0 Å². The molecule has 5 nitrogen and oxygen atoms in total. The molecule has 1 aliphatic rings. The molecule has 1 aliphatic carbocycles. The van der Waals surface area contributed by atoms with Gasteiger partial charge in [-0.3, -0.25) is 4.79 Å². The van der Waals surface area contributed by atoms with Gasteiger partial charge in [-0.2, -0.15) is 0 Å². The van der Waals surface area contributed by atoms with E-state index in [1.54, 1.807) is 24.7 Å². The van der Waals surface area contributed by atoms with Gasteiger partial charge in [-0.1, -0.05) is 68.8 Å². The monoisotopic (exact) mass is 664 g/mol. The highest BCUT2D eigenvalue weighted by molar-refractivity contribution is 9.10. The van der Waals surface area contributed by atoms with E-state index in [4.69, 9.17) is 26.1 Å². The largest absolute Gasteiger partial charge is 0.493 e. The number of amides is 1. The number of carbonyl (C=O) groups is 1. The predicted octanol–water partition coefficient (Wildman–Crippen LogP) is 9.91. The number of hydrogen-bond donors (Lipinski definition) is 1. The van der Waals surface area contributed by atoms with Gasteiger partial charge in [0.25, 0.3) is 5.91 Å². The zero-order valence-corrected chi connectivity index (χ0v) is 27.3. The molecule has 1 atom stereocenters. The lowest BCUT2D eigenvalue weighted by Gasteiger charge is -2.33. The van der Waals surface area contributed by atoms with Gasteiger partial charge in [0.15, 0.2) is 11.5 Å². The third-order valence-electron chi connectivity index (χ3n) is 7.64. The molecule has 8 heteroatoms.